The Morgan fingerprint density at radius 3 is 2.40 bits per heavy atom. The number of thiophene rings is 1. The van der Waals surface area contributed by atoms with Gasteiger partial charge in [-0.3, -0.25) is 9.69 Å². The Bertz CT molecular complexity index is 726. The lowest BCUT2D eigenvalue weighted by Crippen LogP contribution is -2.46. The molecule has 0 radical (unpaired) electrons. The standard InChI is InChI=1S/C20H24BrNO2S/c1-13(2)14-6-8-15(9-7-14)19(17-10-11-18(21)25-17)22-12-4-3-5-16(22)20(23)24/h6-11,13,16,19H,3-5,12H2,1-2H3,(H,23,24). The van der Waals surface area contributed by atoms with Crippen LogP contribution >= 0.6 is 27.3 Å². The summed E-state index contributed by atoms with van der Waals surface area (Å²) in [6.45, 7) is 5.20. The molecule has 134 valence electrons. The first-order valence-corrected chi connectivity index (χ1v) is 10.4. The van der Waals surface area contributed by atoms with E-state index in [0.717, 1.165) is 29.6 Å². The zero-order valence-corrected chi connectivity index (χ0v) is 17.0. The molecule has 3 rings (SSSR count). The van der Waals surface area contributed by atoms with Crippen LogP contribution in [0, 0.1) is 0 Å². The van der Waals surface area contributed by atoms with Crippen LogP contribution in [0.25, 0.3) is 0 Å². The molecule has 1 saturated heterocycles. The third-order valence-corrected chi connectivity index (χ3v) is 6.62. The molecular formula is C20H24BrNO2S. The van der Waals surface area contributed by atoms with Gasteiger partial charge in [-0.15, -0.1) is 11.3 Å². The summed E-state index contributed by atoms with van der Waals surface area (Å²) in [4.78, 5) is 15.2. The summed E-state index contributed by atoms with van der Waals surface area (Å²) in [6.07, 6.45) is 2.76. The third kappa shape index (κ3) is 4.15. The first-order chi connectivity index (χ1) is 12.0. The van der Waals surface area contributed by atoms with E-state index >= 15 is 0 Å². The van der Waals surface area contributed by atoms with Crippen LogP contribution in [0.15, 0.2) is 40.2 Å². The molecule has 1 aromatic carbocycles. The van der Waals surface area contributed by atoms with Gasteiger partial charge in [-0.25, -0.2) is 0 Å². The van der Waals surface area contributed by atoms with Crippen molar-refractivity contribution >= 4 is 33.2 Å². The lowest BCUT2D eigenvalue weighted by molar-refractivity contribution is -0.145. The predicted molar refractivity (Wildman–Crippen MR) is 106 cm³/mol. The van der Waals surface area contributed by atoms with E-state index in [-0.39, 0.29) is 6.04 Å². The number of carboxylic acids is 1. The number of halogens is 1. The third-order valence-electron chi connectivity index (χ3n) is 4.94. The van der Waals surface area contributed by atoms with E-state index in [2.05, 4.69) is 71.1 Å². The number of hydrogen-bond donors (Lipinski definition) is 1. The second-order valence-electron chi connectivity index (χ2n) is 6.95. The molecule has 1 fully saturated rings. The number of hydrogen-bond acceptors (Lipinski definition) is 3. The fourth-order valence-corrected chi connectivity index (χ4v) is 5.16. The summed E-state index contributed by atoms with van der Waals surface area (Å²) in [5.41, 5.74) is 2.48. The summed E-state index contributed by atoms with van der Waals surface area (Å²) >= 11 is 5.25. The lowest BCUT2D eigenvalue weighted by atomic mass is 9.93. The van der Waals surface area contributed by atoms with Gasteiger partial charge in [-0.1, -0.05) is 44.5 Å². The highest BCUT2D eigenvalue weighted by Crippen LogP contribution is 2.39. The Kier molecular flexibility index (Phi) is 5.97. The molecule has 25 heavy (non-hydrogen) atoms. The maximum absolute atomic E-state index is 11.8. The van der Waals surface area contributed by atoms with Crippen LogP contribution in [0.5, 0.6) is 0 Å². The van der Waals surface area contributed by atoms with Crippen LogP contribution in [0.3, 0.4) is 0 Å². The summed E-state index contributed by atoms with van der Waals surface area (Å²) in [5, 5.41) is 9.73. The van der Waals surface area contributed by atoms with Crippen LogP contribution in [0.2, 0.25) is 0 Å². The van der Waals surface area contributed by atoms with Crippen molar-refractivity contribution in [2.24, 2.45) is 0 Å². The second-order valence-corrected chi connectivity index (χ2v) is 9.45. The quantitative estimate of drug-likeness (QED) is 0.676. The predicted octanol–water partition coefficient (Wildman–Crippen LogP) is 5.66. The van der Waals surface area contributed by atoms with Crippen molar-refractivity contribution in [3.63, 3.8) is 0 Å². The van der Waals surface area contributed by atoms with Gasteiger partial charge in [-0.2, -0.15) is 0 Å². The fourth-order valence-electron chi connectivity index (χ4n) is 3.59. The first-order valence-electron chi connectivity index (χ1n) is 8.81. The number of carbonyl (C=O) groups is 1. The van der Waals surface area contributed by atoms with Gasteiger partial charge in [0.2, 0.25) is 0 Å². The number of likely N-dealkylation sites (tertiary alicyclic amines) is 1. The Balaban J connectivity index is 2.01. The van der Waals surface area contributed by atoms with Gasteiger partial charge < -0.3 is 5.11 Å². The first kappa shape index (κ1) is 18.6. The summed E-state index contributed by atoms with van der Waals surface area (Å²) in [7, 11) is 0. The molecule has 1 aliphatic rings. The van der Waals surface area contributed by atoms with Crippen molar-refractivity contribution in [1.82, 2.24) is 4.90 Å². The van der Waals surface area contributed by atoms with Gasteiger partial charge in [-0.05, 0) is 64.5 Å². The van der Waals surface area contributed by atoms with E-state index in [4.69, 9.17) is 0 Å². The highest BCUT2D eigenvalue weighted by Gasteiger charge is 2.35. The van der Waals surface area contributed by atoms with Crippen molar-refractivity contribution < 1.29 is 9.90 Å². The van der Waals surface area contributed by atoms with Crippen molar-refractivity contribution in [2.45, 2.75) is 51.1 Å². The molecule has 0 aliphatic carbocycles. The lowest BCUT2D eigenvalue weighted by Gasteiger charge is -2.39. The second kappa shape index (κ2) is 8.02. The zero-order chi connectivity index (χ0) is 18.0. The van der Waals surface area contributed by atoms with Crippen LogP contribution < -0.4 is 0 Å². The molecule has 1 N–H and O–H groups in total. The molecule has 2 atom stereocenters. The van der Waals surface area contributed by atoms with Gasteiger partial charge in [0.1, 0.15) is 6.04 Å². The highest BCUT2D eigenvalue weighted by atomic mass is 79.9. The smallest absolute Gasteiger partial charge is 0.320 e. The normalized spacial score (nSPS) is 19.9. The van der Waals surface area contributed by atoms with Gasteiger partial charge in [0.25, 0.3) is 0 Å². The number of carboxylic acid groups (broad SMARTS) is 1. The molecule has 0 bridgehead atoms. The molecule has 1 aliphatic heterocycles. The Morgan fingerprint density at radius 1 is 1.16 bits per heavy atom. The minimum absolute atomic E-state index is 0.00101. The van der Waals surface area contributed by atoms with Crippen LogP contribution in [-0.4, -0.2) is 28.6 Å². The number of rotatable bonds is 5. The molecule has 3 nitrogen and oxygen atoms in total. The van der Waals surface area contributed by atoms with E-state index < -0.39 is 12.0 Å². The minimum atomic E-state index is -0.709. The molecule has 0 amide bonds. The number of piperidine rings is 1. The summed E-state index contributed by atoms with van der Waals surface area (Å²) in [5.74, 6) is -0.218. The average molecular weight is 422 g/mol. The molecule has 5 heteroatoms. The van der Waals surface area contributed by atoms with Crippen LogP contribution in [-0.2, 0) is 4.79 Å². The SMILES string of the molecule is CC(C)c1ccc(C(c2ccc(Br)s2)N2CCCCC2C(=O)O)cc1. The molecule has 2 aromatic rings. The van der Waals surface area contributed by atoms with Crippen LogP contribution in [0.1, 0.15) is 61.1 Å². The van der Waals surface area contributed by atoms with Gasteiger partial charge >= 0.3 is 5.97 Å². The van der Waals surface area contributed by atoms with E-state index in [9.17, 15) is 9.90 Å². The minimum Gasteiger partial charge on any atom is -0.480 e. The zero-order valence-electron chi connectivity index (χ0n) is 14.6. The monoisotopic (exact) mass is 421 g/mol. The Labute approximate surface area is 161 Å². The van der Waals surface area contributed by atoms with Gasteiger partial charge in [0.15, 0.2) is 0 Å². The largest absolute Gasteiger partial charge is 0.480 e. The molecular weight excluding hydrogens is 398 g/mol. The molecule has 0 saturated carbocycles. The van der Waals surface area contributed by atoms with Crippen molar-refractivity contribution in [3.05, 3.63) is 56.2 Å². The maximum Gasteiger partial charge on any atom is 0.320 e. The summed E-state index contributed by atoms with van der Waals surface area (Å²) in [6, 6.07) is 12.4. The van der Waals surface area contributed by atoms with E-state index in [1.807, 2.05) is 0 Å². The molecule has 2 heterocycles. The van der Waals surface area contributed by atoms with Crippen molar-refractivity contribution in [2.75, 3.05) is 6.54 Å². The maximum atomic E-state index is 11.8. The van der Waals surface area contributed by atoms with E-state index in [1.54, 1.807) is 11.3 Å². The van der Waals surface area contributed by atoms with Crippen LogP contribution in [0.4, 0.5) is 0 Å². The topological polar surface area (TPSA) is 40.5 Å². The molecule has 1 aromatic heterocycles. The number of benzene rings is 1. The Morgan fingerprint density at radius 2 is 1.84 bits per heavy atom. The molecule has 0 spiro atoms. The van der Waals surface area contributed by atoms with Crippen molar-refractivity contribution in [1.29, 1.82) is 0 Å². The Hall–Kier alpha value is -1.17. The average Bonchev–Trinajstić information content (AvgIpc) is 3.02. The van der Waals surface area contributed by atoms with E-state index in [0.29, 0.717) is 5.92 Å². The van der Waals surface area contributed by atoms with Gasteiger partial charge in [0, 0.05) is 4.88 Å². The van der Waals surface area contributed by atoms with E-state index in [1.165, 1.54) is 16.0 Å². The fraction of sp³-hybridized carbons (Fsp3) is 0.450. The summed E-state index contributed by atoms with van der Waals surface area (Å²) < 4.78 is 1.08. The highest BCUT2D eigenvalue weighted by molar-refractivity contribution is 9.11. The molecule has 2 unspecified atom stereocenters. The number of nitrogens with zero attached hydrogens (tertiary/aromatic N) is 1. The number of aliphatic carboxylic acids is 1. The van der Waals surface area contributed by atoms with Gasteiger partial charge in [0.05, 0.1) is 9.83 Å². The van der Waals surface area contributed by atoms with Crippen molar-refractivity contribution in [3.8, 4) is 0 Å².